The van der Waals surface area contributed by atoms with E-state index in [0.29, 0.717) is 11.1 Å². The number of rotatable bonds is 7. The summed E-state index contributed by atoms with van der Waals surface area (Å²) in [6.07, 6.45) is 0. The van der Waals surface area contributed by atoms with Crippen LogP contribution in [0.1, 0.15) is 22.5 Å². The Hall–Kier alpha value is -3.30. The predicted molar refractivity (Wildman–Crippen MR) is 124 cm³/mol. The molecule has 0 bridgehead atoms. The van der Waals surface area contributed by atoms with E-state index in [1.165, 1.54) is 0 Å². The van der Waals surface area contributed by atoms with Crippen molar-refractivity contribution in [2.24, 2.45) is 0 Å². The highest BCUT2D eigenvalue weighted by Gasteiger charge is 2.21. The van der Waals surface area contributed by atoms with Crippen molar-refractivity contribution < 1.29 is 21.4 Å². The summed E-state index contributed by atoms with van der Waals surface area (Å²) in [4.78, 5) is 4.64. The zero-order chi connectivity index (χ0) is 23.6. The summed E-state index contributed by atoms with van der Waals surface area (Å²) in [5.74, 6) is -0.435. The Kier molecular flexibility index (Phi) is 6.18. The van der Waals surface area contributed by atoms with Gasteiger partial charge in [-0.3, -0.25) is 0 Å². The molecule has 0 aliphatic heterocycles. The van der Waals surface area contributed by atoms with Gasteiger partial charge in [0.2, 0.25) is 0 Å². The summed E-state index contributed by atoms with van der Waals surface area (Å²) in [7, 11) is -7.16. The topological polar surface area (TPSA) is 107 Å². The number of hydrogen-bond acceptors (Lipinski definition) is 7. The number of nitrogens with zero attached hydrogens (tertiary/aromatic N) is 2. The summed E-state index contributed by atoms with van der Waals surface area (Å²) in [5, 5.41) is 3.80. The molecule has 0 unspecified atom stereocenters. The second-order valence-electron chi connectivity index (χ2n) is 7.86. The Bertz CT molecular complexity index is 1490. The third-order valence-electron chi connectivity index (χ3n) is 5.08. The van der Waals surface area contributed by atoms with E-state index >= 15 is 0 Å². The van der Waals surface area contributed by atoms with Gasteiger partial charge in [0, 0.05) is 5.56 Å². The third kappa shape index (κ3) is 5.37. The Morgan fingerprint density at radius 2 is 1.27 bits per heavy atom. The molecule has 9 heteroatoms. The first-order chi connectivity index (χ1) is 15.6. The van der Waals surface area contributed by atoms with E-state index < -0.39 is 25.4 Å². The summed E-state index contributed by atoms with van der Waals surface area (Å²) in [6.45, 7) is 3.77. The van der Waals surface area contributed by atoms with E-state index in [1.807, 2.05) is 13.8 Å². The van der Waals surface area contributed by atoms with Crippen LogP contribution in [-0.4, -0.2) is 27.0 Å². The third-order valence-corrected chi connectivity index (χ3v) is 8.41. The van der Waals surface area contributed by atoms with Gasteiger partial charge in [-0.2, -0.15) is 4.98 Å². The highest BCUT2D eigenvalue weighted by atomic mass is 32.2. The van der Waals surface area contributed by atoms with Gasteiger partial charge in [-0.15, -0.1) is 0 Å². The zero-order valence-corrected chi connectivity index (χ0v) is 19.7. The van der Waals surface area contributed by atoms with E-state index in [1.54, 1.807) is 72.8 Å². The lowest BCUT2D eigenvalue weighted by atomic mass is 10.1. The summed E-state index contributed by atoms with van der Waals surface area (Å²) < 4.78 is 56.1. The minimum atomic E-state index is -3.63. The van der Waals surface area contributed by atoms with Crippen molar-refractivity contribution >= 4 is 19.7 Å². The van der Waals surface area contributed by atoms with Crippen LogP contribution < -0.4 is 0 Å². The highest BCUT2D eigenvalue weighted by molar-refractivity contribution is 7.91. The molecular weight excluding hydrogens is 460 g/mol. The molecule has 0 fully saturated rings. The predicted octanol–water partition coefficient (Wildman–Crippen LogP) is 4.30. The molecule has 7 nitrogen and oxygen atoms in total. The molecule has 0 N–H and O–H groups in total. The number of hydrogen-bond donors (Lipinski definition) is 0. The fourth-order valence-corrected chi connectivity index (χ4v) is 5.78. The molecule has 0 spiro atoms. The summed E-state index contributed by atoms with van der Waals surface area (Å²) in [6, 6.07) is 20.0. The molecule has 0 atom stereocenters. The number of benzene rings is 3. The van der Waals surface area contributed by atoms with Gasteiger partial charge in [-0.25, -0.2) is 16.8 Å². The quantitative estimate of drug-likeness (QED) is 0.386. The number of aryl methyl sites for hydroxylation is 2. The molecule has 0 amide bonds. The van der Waals surface area contributed by atoms with Crippen molar-refractivity contribution in [3.8, 4) is 11.5 Å². The van der Waals surface area contributed by atoms with Gasteiger partial charge in [0.1, 0.15) is 5.75 Å². The maximum atomic E-state index is 12.8. The molecule has 1 aromatic heterocycles. The van der Waals surface area contributed by atoms with Crippen LogP contribution in [0, 0.1) is 13.8 Å². The van der Waals surface area contributed by atoms with Gasteiger partial charge in [0.05, 0.1) is 15.5 Å². The molecule has 0 saturated carbocycles. The van der Waals surface area contributed by atoms with Crippen molar-refractivity contribution in [3.05, 3.63) is 95.3 Å². The molecule has 3 aromatic carbocycles. The first-order valence-electron chi connectivity index (χ1n) is 10.1. The Balaban J connectivity index is 1.54. The maximum absolute atomic E-state index is 12.8. The van der Waals surface area contributed by atoms with Crippen molar-refractivity contribution in [1.82, 2.24) is 10.1 Å². The second-order valence-corrected chi connectivity index (χ2v) is 11.8. The van der Waals surface area contributed by atoms with Crippen LogP contribution in [0.2, 0.25) is 0 Å². The van der Waals surface area contributed by atoms with Gasteiger partial charge >= 0.3 is 0 Å². The first kappa shape index (κ1) is 22.9. The van der Waals surface area contributed by atoms with Crippen molar-refractivity contribution in [1.29, 1.82) is 0 Å². The van der Waals surface area contributed by atoms with Crippen LogP contribution >= 0.6 is 0 Å². The second kappa shape index (κ2) is 8.92. The molecule has 4 aromatic rings. The number of sulfone groups is 2. The molecule has 33 heavy (non-hydrogen) atoms. The van der Waals surface area contributed by atoms with Gasteiger partial charge in [-0.05, 0) is 55.8 Å². The number of aromatic nitrogens is 2. The van der Waals surface area contributed by atoms with Crippen LogP contribution in [0.15, 0.2) is 87.1 Å². The van der Waals surface area contributed by atoms with Crippen LogP contribution in [0.5, 0.6) is 0 Å². The molecule has 170 valence electrons. The van der Waals surface area contributed by atoms with Gasteiger partial charge < -0.3 is 4.52 Å². The van der Waals surface area contributed by atoms with E-state index in [9.17, 15) is 16.8 Å². The van der Waals surface area contributed by atoms with E-state index in [0.717, 1.165) is 11.1 Å². The minimum absolute atomic E-state index is 0.0308. The molecule has 0 radical (unpaired) electrons. The lowest BCUT2D eigenvalue weighted by molar-refractivity contribution is 0.424. The molecular formula is C24H22N2O5S2. The largest absolute Gasteiger partial charge is 0.334 e. The fourth-order valence-electron chi connectivity index (χ4n) is 3.27. The Morgan fingerprint density at radius 3 is 1.85 bits per heavy atom. The average Bonchev–Trinajstić information content (AvgIpc) is 3.22. The van der Waals surface area contributed by atoms with Gasteiger partial charge in [0.25, 0.3) is 5.89 Å². The summed E-state index contributed by atoms with van der Waals surface area (Å²) in [5.41, 5.74) is 3.01. The SMILES string of the molecule is Cc1ccc(S(=O)(=O)Cc2cccc(-c3nc(CS(=O)(=O)c4ccc(C)cc4)no3)c2)cc1. The lowest BCUT2D eigenvalue weighted by Crippen LogP contribution is -2.06. The molecule has 0 aliphatic carbocycles. The molecule has 0 aliphatic rings. The zero-order valence-electron chi connectivity index (χ0n) is 18.1. The average molecular weight is 483 g/mol. The van der Waals surface area contributed by atoms with Crippen molar-refractivity contribution in [2.45, 2.75) is 35.1 Å². The fraction of sp³-hybridized carbons (Fsp3) is 0.167. The van der Waals surface area contributed by atoms with Crippen LogP contribution in [0.4, 0.5) is 0 Å². The smallest absolute Gasteiger partial charge is 0.257 e. The van der Waals surface area contributed by atoms with Crippen LogP contribution in [-0.2, 0) is 31.2 Å². The van der Waals surface area contributed by atoms with E-state index in [2.05, 4.69) is 10.1 Å². The highest BCUT2D eigenvalue weighted by Crippen LogP contribution is 2.23. The minimum Gasteiger partial charge on any atom is -0.334 e. The van der Waals surface area contributed by atoms with Crippen molar-refractivity contribution in [2.75, 3.05) is 0 Å². The molecule has 1 heterocycles. The molecule has 0 saturated heterocycles. The monoisotopic (exact) mass is 482 g/mol. The first-order valence-corrected chi connectivity index (χ1v) is 13.4. The van der Waals surface area contributed by atoms with Gasteiger partial charge in [0.15, 0.2) is 25.5 Å². The Labute approximate surface area is 192 Å². The maximum Gasteiger partial charge on any atom is 0.257 e. The van der Waals surface area contributed by atoms with Crippen molar-refractivity contribution in [3.63, 3.8) is 0 Å². The van der Waals surface area contributed by atoms with Crippen LogP contribution in [0.25, 0.3) is 11.5 Å². The molecule has 4 rings (SSSR count). The lowest BCUT2D eigenvalue weighted by Gasteiger charge is -2.06. The normalized spacial score (nSPS) is 12.1. The van der Waals surface area contributed by atoms with E-state index in [-0.39, 0.29) is 27.3 Å². The Morgan fingerprint density at radius 1 is 0.727 bits per heavy atom. The standard InChI is InChI=1S/C24H22N2O5S2/c1-17-6-10-21(11-7-17)32(27,28)15-19-4-3-5-20(14-19)24-25-23(26-31-24)16-33(29,30)22-12-8-18(2)9-13-22/h3-14H,15-16H2,1-2H3. The van der Waals surface area contributed by atoms with Crippen LogP contribution in [0.3, 0.4) is 0 Å². The summed E-state index contributed by atoms with van der Waals surface area (Å²) >= 11 is 0. The van der Waals surface area contributed by atoms with E-state index in [4.69, 9.17) is 4.52 Å². The van der Waals surface area contributed by atoms with Gasteiger partial charge in [-0.1, -0.05) is 52.7 Å².